The van der Waals surface area contributed by atoms with Gasteiger partial charge in [0.1, 0.15) is 0 Å². The molecule has 128 valence electrons. The lowest BCUT2D eigenvalue weighted by molar-refractivity contribution is -0.151. The molecule has 1 unspecified atom stereocenters. The Balaban J connectivity index is 2.33. The van der Waals surface area contributed by atoms with Gasteiger partial charge in [-0.25, -0.2) is 4.79 Å². The topological polar surface area (TPSA) is 85.2 Å². The second-order valence-electron chi connectivity index (χ2n) is 5.18. The molecular weight excluding hydrogens is 344 g/mol. The van der Waals surface area contributed by atoms with Gasteiger partial charge in [-0.15, -0.1) is 0 Å². The van der Waals surface area contributed by atoms with Crippen LogP contribution in [-0.2, 0) is 14.3 Å². The monoisotopic (exact) mass is 358 g/mol. The quantitative estimate of drug-likeness (QED) is 0.259. The molecule has 0 aliphatic heterocycles. The molecule has 0 amide bonds. The lowest BCUT2D eigenvalue weighted by atomic mass is 10.0. The molecule has 0 radical (unpaired) electrons. The fraction of sp³-hybridized carbons (Fsp3) is 0.167. The van der Waals surface area contributed by atoms with E-state index >= 15 is 0 Å². The number of hydrogen-bond acceptors (Lipinski definition) is 6. The van der Waals surface area contributed by atoms with Gasteiger partial charge in [-0.1, -0.05) is 41.4 Å². The second kappa shape index (κ2) is 8.30. The standard InChI is InChI=1S/C18H15ClN2O4/c1-11-3-5-12(6-4-11)16(22)15(17(23)18(24)25-2)21-20-14-9-7-13(19)8-10-14/h3-10,15H,1-2H3. The van der Waals surface area contributed by atoms with Crippen molar-refractivity contribution < 1.29 is 19.1 Å². The number of esters is 1. The summed E-state index contributed by atoms with van der Waals surface area (Å²) in [6.45, 7) is 1.87. The number of carbonyl (C=O) groups excluding carboxylic acids is 3. The average Bonchev–Trinajstić information content (AvgIpc) is 2.62. The first-order valence-electron chi connectivity index (χ1n) is 7.32. The van der Waals surface area contributed by atoms with Crippen molar-refractivity contribution in [3.8, 4) is 0 Å². The SMILES string of the molecule is COC(=O)C(=O)C(N=Nc1ccc(Cl)cc1)C(=O)c1ccc(C)cc1. The summed E-state index contributed by atoms with van der Waals surface area (Å²) < 4.78 is 4.41. The van der Waals surface area contributed by atoms with E-state index in [4.69, 9.17) is 11.6 Å². The lowest BCUT2D eigenvalue weighted by Crippen LogP contribution is -2.34. The van der Waals surface area contributed by atoms with Crippen molar-refractivity contribution in [1.29, 1.82) is 0 Å². The van der Waals surface area contributed by atoms with Gasteiger partial charge in [0.05, 0.1) is 12.8 Å². The fourth-order valence-electron chi connectivity index (χ4n) is 1.94. The zero-order valence-corrected chi connectivity index (χ0v) is 14.4. The van der Waals surface area contributed by atoms with Gasteiger partial charge in [0.2, 0.25) is 6.04 Å². The second-order valence-corrected chi connectivity index (χ2v) is 5.62. The van der Waals surface area contributed by atoms with Crippen LogP contribution in [0.4, 0.5) is 5.69 Å². The van der Waals surface area contributed by atoms with Crippen LogP contribution in [-0.4, -0.2) is 30.7 Å². The lowest BCUT2D eigenvalue weighted by Gasteiger charge is -2.08. The van der Waals surface area contributed by atoms with E-state index in [9.17, 15) is 14.4 Å². The van der Waals surface area contributed by atoms with Crippen LogP contribution in [0.5, 0.6) is 0 Å². The van der Waals surface area contributed by atoms with E-state index in [-0.39, 0.29) is 5.56 Å². The van der Waals surface area contributed by atoms with Crippen LogP contribution in [0, 0.1) is 6.92 Å². The first kappa shape index (κ1) is 18.5. The molecule has 7 heteroatoms. The number of Topliss-reactive ketones (excluding diaryl/α,β-unsaturated/α-hetero) is 2. The van der Waals surface area contributed by atoms with E-state index in [0.29, 0.717) is 10.7 Å². The highest BCUT2D eigenvalue weighted by Gasteiger charge is 2.33. The van der Waals surface area contributed by atoms with Gasteiger partial charge in [-0.05, 0) is 31.2 Å². The third kappa shape index (κ3) is 4.81. The molecule has 0 saturated heterocycles. The predicted octanol–water partition coefficient (Wildman–Crippen LogP) is 3.73. The van der Waals surface area contributed by atoms with Crippen LogP contribution in [0.15, 0.2) is 58.8 Å². The van der Waals surface area contributed by atoms with Gasteiger partial charge in [-0.2, -0.15) is 10.2 Å². The number of carbonyl (C=O) groups is 3. The summed E-state index contributed by atoms with van der Waals surface area (Å²) in [6.07, 6.45) is 0. The Labute approximate surface area is 149 Å². The smallest absolute Gasteiger partial charge is 0.377 e. The molecule has 2 aromatic carbocycles. The zero-order valence-electron chi connectivity index (χ0n) is 13.6. The Morgan fingerprint density at radius 2 is 1.60 bits per heavy atom. The molecule has 0 saturated carbocycles. The summed E-state index contributed by atoms with van der Waals surface area (Å²) in [7, 11) is 1.06. The maximum Gasteiger partial charge on any atom is 0.377 e. The third-order valence-electron chi connectivity index (χ3n) is 3.33. The van der Waals surface area contributed by atoms with Crippen molar-refractivity contribution in [3.63, 3.8) is 0 Å². The molecule has 2 rings (SSSR count). The number of halogens is 1. The Hall–Kier alpha value is -2.86. The highest BCUT2D eigenvalue weighted by Crippen LogP contribution is 2.18. The van der Waals surface area contributed by atoms with E-state index in [0.717, 1.165) is 12.7 Å². The van der Waals surface area contributed by atoms with Gasteiger partial charge in [0.15, 0.2) is 5.78 Å². The number of aryl methyl sites for hydroxylation is 1. The van der Waals surface area contributed by atoms with Crippen molar-refractivity contribution >= 4 is 34.8 Å². The van der Waals surface area contributed by atoms with E-state index in [1.165, 1.54) is 0 Å². The molecule has 0 spiro atoms. The molecular formula is C18H15ClN2O4. The molecule has 1 atom stereocenters. The normalized spacial score (nSPS) is 12.0. The van der Waals surface area contributed by atoms with Crippen LogP contribution >= 0.6 is 11.6 Å². The Kier molecular flexibility index (Phi) is 6.14. The van der Waals surface area contributed by atoms with Crippen LogP contribution in [0.25, 0.3) is 0 Å². The number of azo groups is 1. The summed E-state index contributed by atoms with van der Waals surface area (Å²) in [4.78, 5) is 36.3. The molecule has 0 fully saturated rings. The number of nitrogens with zero attached hydrogens (tertiary/aromatic N) is 2. The van der Waals surface area contributed by atoms with Crippen LogP contribution in [0.1, 0.15) is 15.9 Å². The summed E-state index contributed by atoms with van der Waals surface area (Å²) in [5.74, 6) is -2.86. The molecule has 0 aliphatic carbocycles. The number of methoxy groups -OCH3 is 1. The van der Waals surface area contributed by atoms with Gasteiger partial charge in [0.25, 0.3) is 5.78 Å². The number of rotatable bonds is 6. The highest BCUT2D eigenvalue weighted by molar-refractivity contribution is 6.41. The summed E-state index contributed by atoms with van der Waals surface area (Å²) in [5.41, 5.74) is 1.60. The highest BCUT2D eigenvalue weighted by atomic mass is 35.5. The third-order valence-corrected chi connectivity index (χ3v) is 3.59. The zero-order chi connectivity index (χ0) is 18.4. The predicted molar refractivity (Wildman–Crippen MR) is 92.3 cm³/mol. The van der Waals surface area contributed by atoms with Crippen molar-refractivity contribution in [2.24, 2.45) is 10.2 Å². The summed E-state index contributed by atoms with van der Waals surface area (Å²) >= 11 is 5.79. The van der Waals surface area contributed by atoms with Gasteiger partial charge >= 0.3 is 5.97 Å². The summed E-state index contributed by atoms with van der Waals surface area (Å²) in [5, 5.41) is 8.15. The molecule has 0 aromatic heterocycles. The molecule has 0 aliphatic rings. The average molecular weight is 359 g/mol. The van der Waals surface area contributed by atoms with E-state index in [2.05, 4.69) is 15.0 Å². The van der Waals surface area contributed by atoms with Gasteiger partial charge in [-0.3, -0.25) is 9.59 Å². The maximum atomic E-state index is 12.6. The van der Waals surface area contributed by atoms with Crippen LogP contribution < -0.4 is 0 Å². The molecule has 6 nitrogen and oxygen atoms in total. The first-order valence-corrected chi connectivity index (χ1v) is 7.69. The van der Waals surface area contributed by atoms with Crippen molar-refractivity contribution in [2.75, 3.05) is 7.11 Å². The number of benzene rings is 2. The Morgan fingerprint density at radius 1 is 1.00 bits per heavy atom. The van der Waals surface area contributed by atoms with Gasteiger partial charge < -0.3 is 4.74 Å². The number of ketones is 2. The number of ether oxygens (including phenoxy) is 1. The molecule has 0 heterocycles. The van der Waals surface area contributed by atoms with Crippen LogP contribution in [0.2, 0.25) is 5.02 Å². The van der Waals surface area contributed by atoms with Gasteiger partial charge in [0, 0.05) is 10.6 Å². The van der Waals surface area contributed by atoms with Crippen molar-refractivity contribution in [1.82, 2.24) is 0 Å². The molecule has 25 heavy (non-hydrogen) atoms. The van der Waals surface area contributed by atoms with E-state index < -0.39 is 23.6 Å². The summed E-state index contributed by atoms with van der Waals surface area (Å²) in [6, 6.07) is 11.3. The van der Waals surface area contributed by atoms with Crippen LogP contribution in [0.3, 0.4) is 0 Å². The van der Waals surface area contributed by atoms with Crippen molar-refractivity contribution in [2.45, 2.75) is 13.0 Å². The molecule has 2 aromatic rings. The number of hydrogen-bond donors (Lipinski definition) is 0. The van der Waals surface area contributed by atoms with Crippen molar-refractivity contribution in [3.05, 3.63) is 64.7 Å². The minimum atomic E-state index is -1.61. The largest absolute Gasteiger partial charge is 0.463 e. The minimum absolute atomic E-state index is 0.253. The first-order chi connectivity index (χ1) is 11.9. The minimum Gasteiger partial charge on any atom is -0.463 e. The maximum absolute atomic E-state index is 12.6. The van der Waals surface area contributed by atoms with E-state index in [1.54, 1.807) is 48.5 Å². The Morgan fingerprint density at radius 3 is 2.16 bits per heavy atom. The molecule has 0 bridgehead atoms. The molecule has 0 N–H and O–H groups in total. The fourth-order valence-corrected chi connectivity index (χ4v) is 2.07. The Bertz CT molecular complexity index is 814. The van der Waals surface area contributed by atoms with E-state index in [1.807, 2.05) is 6.92 Å².